The van der Waals surface area contributed by atoms with Crippen LogP contribution < -0.4 is 10.1 Å². The summed E-state index contributed by atoms with van der Waals surface area (Å²) in [7, 11) is 0. The number of benzene rings is 3. The van der Waals surface area contributed by atoms with E-state index in [-0.39, 0.29) is 5.91 Å². The molecule has 0 spiro atoms. The highest BCUT2D eigenvalue weighted by molar-refractivity contribution is 6.31. The van der Waals surface area contributed by atoms with Gasteiger partial charge in [-0.05, 0) is 60.4 Å². The van der Waals surface area contributed by atoms with Crippen molar-refractivity contribution in [3.8, 4) is 5.75 Å². The quantitative estimate of drug-likeness (QED) is 0.377. The van der Waals surface area contributed by atoms with Crippen LogP contribution in [0.3, 0.4) is 0 Å². The number of amides is 1. The van der Waals surface area contributed by atoms with Gasteiger partial charge in [-0.2, -0.15) is 5.10 Å². The van der Waals surface area contributed by atoms with Gasteiger partial charge in [0.05, 0.1) is 6.54 Å². The maximum atomic E-state index is 12.7. The van der Waals surface area contributed by atoms with Gasteiger partial charge in [0, 0.05) is 22.8 Å². The van der Waals surface area contributed by atoms with Crippen molar-refractivity contribution in [2.75, 3.05) is 5.32 Å². The number of carbonyl (C=O) groups excluding carboxylic acids is 1. The van der Waals surface area contributed by atoms with Crippen LogP contribution >= 0.6 is 11.6 Å². The van der Waals surface area contributed by atoms with Crippen molar-refractivity contribution in [2.24, 2.45) is 0 Å². The summed E-state index contributed by atoms with van der Waals surface area (Å²) in [4.78, 5) is 12.7. The summed E-state index contributed by atoms with van der Waals surface area (Å²) in [6.07, 6.45) is 1.81. The highest BCUT2D eigenvalue weighted by Crippen LogP contribution is 2.21. The molecule has 0 aliphatic heterocycles. The lowest BCUT2D eigenvalue weighted by Crippen LogP contribution is -2.13. The van der Waals surface area contributed by atoms with Crippen LogP contribution in [0.5, 0.6) is 5.75 Å². The number of nitrogens with one attached hydrogen (secondary N) is 1. The lowest BCUT2D eigenvalue weighted by molar-refractivity contribution is 0.102. The van der Waals surface area contributed by atoms with Gasteiger partial charge in [0.15, 0.2) is 5.82 Å². The molecule has 6 heteroatoms. The van der Waals surface area contributed by atoms with Crippen molar-refractivity contribution in [2.45, 2.75) is 27.0 Å². The van der Waals surface area contributed by atoms with Crippen LogP contribution in [0, 0.1) is 13.8 Å². The van der Waals surface area contributed by atoms with Crippen LogP contribution in [0.15, 0.2) is 79.0 Å². The molecule has 0 unspecified atom stereocenters. The van der Waals surface area contributed by atoms with Crippen molar-refractivity contribution in [3.05, 3.63) is 112 Å². The summed E-state index contributed by atoms with van der Waals surface area (Å²) in [5, 5.41) is 7.97. The SMILES string of the molecule is Cc1ccc(C)c(OCc2cccc(C(=O)Nc3ccn(Cc4ccccc4Cl)n3)c2)c1. The van der Waals surface area contributed by atoms with Gasteiger partial charge in [0.25, 0.3) is 5.91 Å². The first-order chi connectivity index (χ1) is 15.5. The highest BCUT2D eigenvalue weighted by atomic mass is 35.5. The highest BCUT2D eigenvalue weighted by Gasteiger charge is 2.10. The second-order valence-electron chi connectivity index (χ2n) is 7.70. The first kappa shape index (κ1) is 21.7. The Labute approximate surface area is 192 Å². The Morgan fingerprint density at radius 1 is 1.03 bits per heavy atom. The number of halogens is 1. The lowest BCUT2D eigenvalue weighted by atomic mass is 10.1. The Kier molecular flexibility index (Phi) is 6.57. The summed E-state index contributed by atoms with van der Waals surface area (Å²) >= 11 is 6.22. The Morgan fingerprint density at radius 2 is 1.88 bits per heavy atom. The fourth-order valence-electron chi connectivity index (χ4n) is 3.33. The van der Waals surface area contributed by atoms with Gasteiger partial charge in [0.1, 0.15) is 12.4 Å². The zero-order valence-electron chi connectivity index (χ0n) is 18.0. The third kappa shape index (κ3) is 5.37. The van der Waals surface area contributed by atoms with Crippen molar-refractivity contribution in [1.82, 2.24) is 9.78 Å². The lowest BCUT2D eigenvalue weighted by Gasteiger charge is -2.11. The van der Waals surface area contributed by atoms with Crippen molar-refractivity contribution in [1.29, 1.82) is 0 Å². The fraction of sp³-hybridized carbons (Fsp3) is 0.154. The fourth-order valence-corrected chi connectivity index (χ4v) is 3.53. The number of anilines is 1. The number of ether oxygens (including phenoxy) is 1. The molecular formula is C26H24ClN3O2. The molecule has 4 rings (SSSR count). The van der Waals surface area contributed by atoms with Gasteiger partial charge in [-0.3, -0.25) is 9.48 Å². The van der Waals surface area contributed by atoms with E-state index in [1.165, 1.54) is 0 Å². The molecule has 1 heterocycles. The smallest absolute Gasteiger partial charge is 0.256 e. The van der Waals surface area contributed by atoms with E-state index >= 15 is 0 Å². The molecule has 1 amide bonds. The van der Waals surface area contributed by atoms with Gasteiger partial charge in [0.2, 0.25) is 0 Å². The molecular weight excluding hydrogens is 422 g/mol. The number of rotatable bonds is 7. The van der Waals surface area contributed by atoms with Gasteiger partial charge < -0.3 is 10.1 Å². The van der Waals surface area contributed by atoms with E-state index in [9.17, 15) is 4.79 Å². The zero-order valence-corrected chi connectivity index (χ0v) is 18.8. The number of hydrogen-bond acceptors (Lipinski definition) is 3. The number of hydrogen-bond donors (Lipinski definition) is 1. The van der Waals surface area contributed by atoms with Crippen LogP contribution in [0.2, 0.25) is 5.02 Å². The molecule has 0 fully saturated rings. The maximum Gasteiger partial charge on any atom is 0.256 e. The number of aromatic nitrogens is 2. The number of carbonyl (C=O) groups is 1. The molecule has 4 aromatic rings. The molecule has 0 aliphatic carbocycles. The van der Waals surface area contributed by atoms with E-state index in [0.29, 0.717) is 29.6 Å². The van der Waals surface area contributed by atoms with E-state index in [0.717, 1.165) is 28.0 Å². The predicted octanol–water partition coefficient (Wildman–Crippen LogP) is 6.03. The van der Waals surface area contributed by atoms with Crippen molar-refractivity contribution in [3.63, 3.8) is 0 Å². The van der Waals surface area contributed by atoms with Crippen LogP contribution in [0.4, 0.5) is 5.82 Å². The summed E-state index contributed by atoms with van der Waals surface area (Å²) < 4.78 is 7.71. The van der Waals surface area contributed by atoms with E-state index in [1.807, 2.05) is 74.6 Å². The van der Waals surface area contributed by atoms with Crippen molar-refractivity contribution < 1.29 is 9.53 Å². The summed E-state index contributed by atoms with van der Waals surface area (Å²) in [5.74, 6) is 1.12. The average Bonchev–Trinajstić information content (AvgIpc) is 3.23. The Hall–Kier alpha value is -3.57. The molecule has 162 valence electrons. The molecule has 0 aliphatic rings. The molecule has 1 N–H and O–H groups in total. The van der Waals surface area contributed by atoms with Gasteiger partial charge in [-0.1, -0.05) is 54.1 Å². The molecule has 0 radical (unpaired) electrons. The zero-order chi connectivity index (χ0) is 22.5. The largest absolute Gasteiger partial charge is 0.489 e. The van der Waals surface area contributed by atoms with Crippen LogP contribution in [-0.2, 0) is 13.2 Å². The second kappa shape index (κ2) is 9.71. The minimum absolute atomic E-state index is 0.221. The van der Waals surface area contributed by atoms with E-state index in [2.05, 4.69) is 16.5 Å². The van der Waals surface area contributed by atoms with Gasteiger partial charge in [-0.25, -0.2) is 0 Å². The summed E-state index contributed by atoms with van der Waals surface area (Å²) in [5.41, 5.74) is 4.66. The summed E-state index contributed by atoms with van der Waals surface area (Å²) in [6.45, 7) is 4.97. The molecule has 0 atom stereocenters. The molecule has 3 aromatic carbocycles. The van der Waals surface area contributed by atoms with Crippen molar-refractivity contribution >= 4 is 23.3 Å². The first-order valence-corrected chi connectivity index (χ1v) is 10.7. The molecule has 1 aromatic heterocycles. The minimum Gasteiger partial charge on any atom is -0.489 e. The van der Waals surface area contributed by atoms with Crippen LogP contribution in [-0.4, -0.2) is 15.7 Å². The van der Waals surface area contributed by atoms with E-state index in [1.54, 1.807) is 16.8 Å². The van der Waals surface area contributed by atoms with Crippen LogP contribution in [0.1, 0.15) is 32.6 Å². The Morgan fingerprint density at radius 3 is 2.72 bits per heavy atom. The first-order valence-electron chi connectivity index (χ1n) is 10.3. The third-order valence-corrected chi connectivity index (χ3v) is 5.47. The topological polar surface area (TPSA) is 56.1 Å². The number of nitrogens with zero attached hydrogens (tertiary/aromatic N) is 2. The molecule has 32 heavy (non-hydrogen) atoms. The molecule has 0 saturated heterocycles. The number of aryl methyl sites for hydroxylation is 2. The van der Waals surface area contributed by atoms with Gasteiger partial charge in [-0.15, -0.1) is 0 Å². The Balaban J connectivity index is 1.39. The monoisotopic (exact) mass is 445 g/mol. The molecule has 0 bridgehead atoms. The van der Waals surface area contributed by atoms with Crippen LogP contribution in [0.25, 0.3) is 0 Å². The third-order valence-electron chi connectivity index (χ3n) is 5.10. The van der Waals surface area contributed by atoms with E-state index < -0.39 is 0 Å². The maximum absolute atomic E-state index is 12.7. The minimum atomic E-state index is -0.221. The van der Waals surface area contributed by atoms with Gasteiger partial charge >= 0.3 is 0 Å². The Bertz CT molecular complexity index is 1250. The molecule has 0 saturated carbocycles. The van der Waals surface area contributed by atoms with E-state index in [4.69, 9.17) is 16.3 Å². The molecule has 5 nitrogen and oxygen atoms in total. The normalized spacial score (nSPS) is 10.7. The second-order valence-corrected chi connectivity index (χ2v) is 8.11. The average molecular weight is 446 g/mol. The predicted molar refractivity (Wildman–Crippen MR) is 127 cm³/mol. The summed E-state index contributed by atoms with van der Waals surface area (Å²) in [6, 6.07) is 22.9. The standard InChI is InChI=1S/C26H24ClN3O2/c1-18-10-11-19(2)24(14-18)32-17-20-6-5-8-21(15-20)26(31)28-25-12-13-30(29-25)16-22-7-3-4-9-23(22)27/h3-15H,16-17H2,1-2H3,(H,28,29,31).